The molecule has 19 heavy (non-hydrogen) atoms. The number of halogens is 1. The molecule has 1 aromatic rings. The Labute approximate surface area is 119 Å². The lowest BCUT2D eigenvalue weighted by molar-refractivity contribution is -0.483. The predicted molar refractivity (Wildman–Crippen MR) is 71.9 cm³/mol. The zero-order valence-electron chi connectivity index (χ0n) is 10.6. The van der Waals surface area contributed by atoms with Crippen LogP contribution < -0.4 is 4.74 Å². The van der Waals surface area contributed by atoms with E-state index in [4.69, 9.17) is 4.74 Å². The van der Waals surface area contributed by atoms with Crippen LogP contribution in [0.25, 0.3) is 0 Å². The molecule has 6 nitrogen and oxygen atoms in total. The summed E-state index contributed by atoms with van der Waals surface area (Å²) >= 11 is 3.31. The van der Waals surface area contributed by atoms with Crippen LogP contribution in [0.15, 0.2) is 22.7 Å². The highest BCUT2D eigenvalue weighted by Gasteiger charge is 2.22. The third-order valence-corrected chi connectivity index (χ3v) is 3.28. The van der Waals surface area contributed by atoms with Gasteiger partial charge in [0.25, 0.3) is 0 Å². The van der Waals surface area contributed by atoms with Gasteiger partial charge in [-0.25, -0.2) is 0 Å². The normalized spacial score (nSPS) is 11.7. The third-order valence-electron chi connectivity index (χ3n) is 2.66. The second-order valence-electron chi connectivity index (χ2n) is 3.89. The van der Waals surface area contributed by atoms with Gasteiger partial charge in [0, 0.05) is 4.92 Å². The zero-order valence-corrected chi connectivity index (χ0v) is 12.2. The highest BCUT2D eigenvalue weighted by molar-refractivity contribution is 9.10. The first-order valence-electron chi connectivity index (χ1n) is 5.50. The van der Waals surface area contributed by atoms with Crippen molar-refractivity contribution in [2.24, 2.45) is 0 Å². The van der Waals surface area contributed by atoms with E-state index in [1.807, 2.05) is 0 Å². The van der Waals surface area contributed by atoms with Crippen LogP contribution in [-0.2, 0) is 9.53 Å². The second-order valence-corrected chi connectivity index (χ2v) is 4.74. The van der Waals surface area contributed by atoms with E-state index in [0.717, 1.165) is 0 Å². The van der Waals surface area contributed by atoms with Gasteiger partial charge in [0.15, 0.2) is 0 Å². The topological polar surface area (TPSA) is 78.7 Å². The van der Waals surface area contributed by atoms with Crippen molar-refractivity contribution >= 4 is 21.9 Å². The summed E-state index contributed by atoms with van der Waals surface area (Å²) in [5.74, 6) is -0.370. The van der Waals surface area contributed by atoms with Gasteiger partial charge in [-0.2, -0.15) is 0 Å². The van der Waals surface area contributed by atoms with Gasteiger partial charge in [-0.05, 0) is 33.6 Å². The molecule has 0 saturated carbocycles. The lowest BCUT2D eigenvalue weighted by atomic mass is 9.96. The van der Waals surface area contributed by atoms with Gasteiger partial charge in [-0.1, -0.05) is 6.07 Å². The Bertz CT molecular complexity index is 477. The number of ether oxygens (including phenoxy) is 2. The average Bonchev–Trinajstić information content (AvgIpc) is 2.37. The lowest BCUT2D eigenvalue weighted by Gasteiger charge is -2.13. The summed E-state index contributed by atoms with van der Waals surface area (Å²) < 4.78 is 10.3. The molecule has 0 amide bonds. The van der Waals surface area contributed by atoms with E-state index in [-0.39, 0.29) is 13.0 Å². The van der Waals surface area contributed by atoms with Gasteiger partial charge in [0.2, 0.25) is 6.54 Å². The fraction of sp³-hybridized carbons (Fsp3) is 0.417. The molecule has 1 atom stereocenters. The lowest BCUT2D eigenvalue weighted by Crippen LogP contribution is -2.17. The number of benzene rings is 1. The van der Waals surface area contributed by atoms with E-state index in [9.17, 15) is 14.9 Å². The van der Waals surface area contributed by atoms with Crippen LogP contribution in [-0.4, -0.2) is 31.7 Å². The fourth-order valence-electron chi connectivity index (χ4n) is 1.69. The molecule has 1 rings (SSSR count). The SMILES string of the molecule is COC(=O)C[C@@H](C[N+](=O)[O-])c1ccc(OC)c(Br)c1. The summed E-state index contributed by atoms with van der Waals surface area (Å²) in [7, 11) is 2.79. The number of rotatable bonds is 6. The van der Waals surface area contributed by atoms with Gasteiger partial charge in [-0.15, -0.1) is 0 Å². The van der Waals surface area contributed by atoms with E-state index >= 15 is 0 Å². The summed E-state index contributed by atoms with van der Waals surface area (Å²) in [6.07, 6.45) is -0.0315. The van der Waals surface area contributed by atoms with Crippen LogP contribution in [0, 0.1) is 10.1 Å². The maximum atomic E-state index is 11.3. The quantitative estimate of drug-likeness (QED) is 0.454. The number of nitro groups is 1. The summed E-state index contributed by atoms with van der Waals surface area (Å²) in [5.41, 5.74) is 0.690. The molecular weight excluding hydrogens is 318 g/mol. The van der Waals surface area contributed by atoms with Crippen molar-refractivity contribution in [3.05, 3.63) is 38.3 Å². The smallest absolute Gasteiger partial charge is 0.306 e. The van der Waals surface area contributed by atoms with Gasteiger partial charge in [0.1, 0.15) is 5.75 Å². The average molecular weight is 332 g/mol. The largest absolute Gasteiger partial charge is 0.496 e. The molecule has 0 unspecified atom stereocenters. The van der Waals surface area contributed by atoms with Crippen molar-refractivity contribution in [1.29, 1.82) is 0 Å². The molecule has 0 bridgehead atoms. The number of carbonyl (C=O) groups excluding carboxylic acids is 1. The van der Waals surface area contributed by atoms with Crippen molar-refractivity contribution in [2.75, 3.05) is 20.8 Å². The molecule has 0 radical (unpaired) electrons. The predicted octanol–water partition coefficient (Wildman–Crippen LogP) is 2.38. The molecular formula is C12H14BrNO5. The van der Waals surface area contributed by atoms with Crippen molar-refractivity contribution in [3.8, 4) is 5.75 Å². The van der Waals surface area contributed by atoms with Crippen LogP contribution in [0.5, 0.6) is 5.75 Å². The van der Waals surface area contributed by atoms with Gasteiger partial charge >= 0.3 is 5.97 Å². The van der Waals surface area contributed by atoms with Crippen LogP contribution in [0.4, 0.5) is 0 Å². The second kappa shape index (κ2) is 7.08. The van der Waals surface area contributed by atoms with E-state index < -0.39 is 16.8 Å². The zero-order chi connectivity index (χ0) is 14.4. The highest BCUT2D eigenvalue weighted by Crippen LogP contribution is 2.30. The maximum absolute atomic E-state index is 11.3. The number of carbonyl (C=O) groups is 1. The first-order valence-corrected chi connectivity index (χ1v) is 6.29. The molecule has 7 heteroatoms. The summed E-state index contributed by atoms with van der Waals surface area (Å²) in [6.45, 7) is -0.326. The molecule has 0 aliphatic carbocycles. The molecule has 0 aromatic heterocycles. The Hall–Kier alpha value is -1.63. The van der Waals surface area contributed by atoms with Crippen molar-refractivity contribution in [3.63, 3.8) is 0 Å². The van der Waals surface area contributed by atoms with Crippen LogP contribution in [0.3, 0.4) is 0 Å². The molecule has 0 N–H and O–H groups in total. The molecule has 1 aromatic carbocycles. The molecule has 0 aliphatic rings. The Kier molecular flexibility index (Phi) is 5.75. The van der Waals surface area contributed by atoms with Gasteiger partial charge in [-0.3, -0.25) is 14.9 Å². The van der Waals surface area contributed by atoms with Gasteiger partial charge in [0.05, 0.1) is 31.0 Å². The number of esters is 1. The summed E-state index contributed by atoms with van der Waals surface area (Å²) in [5, 5.41) is 10.7. The van der Waals surface area contributed by atoms with Gasteiger partial charge < -0.3 is 9.47 Å². The molecule has 0 spiro atoms. The minimum atomic E-state index is -0.523. The summed E-state index contributed by atoms with van der Waals surface area (Å²) in [4.78, 5) is 21.5. The van der Waals surface area contributed by atoms with Crippen LogP contribution in [0.1, 0.15) is 17.9 Å². The van der Waals surface area contributed by atoms with Crippen molar-refractivity contribution in [2.45, 2.75) is 12.3 Å². The van der Waals surface area contributed by atoms with Crippen molar-refractivity contribution in [1.82, 2.24) is 0 Å². The van der Waals surface area contributed by atoms with E-state index in [0.29, 0.717) is 15.8 Å². The van der Waals surface area contributed by atoms with E-state index in [1.54, 1.807) is 18.2 Å². The minimum absolute atomic E-state index is 0.0315. The Morgan fingerprint density at radius 1 is 1.47 bits per heavy atom. The monoisotopic (exact) mass is 331 g/mol. The van der Waals surface area contributed by atoms with Crippen molar-refractivity contribution < 1.29 is 19.2 Å². The fourth-order valence-corrected chi connectivity index (χ4v) is 2.25. The Morgan fingerprint density at radius 2 is 2.16 bits per heavy atom. The first kappa shape index (κ1) is 15.4. The number of hydrogen-bond donors (Lipinski definition) is 0. The maximum Gasteiger partial charge on any atom is 0.306 e. The Balaban J connectivity index is 2.99. The number of methoxy groups -OCH3 is 2. The molecule has 104 valence electrons. The standard InChI is InChI=1S/C12H14BrNO5/c1-18-11-4-3-8(5-10(11)13)9(7-14(16)17)6-12(15)19-2/h3-5,9H,6-7H2,1-2H3/t9-/m0/s1. The van der Waals surface area contributed by atoms with Crippen LogP contribution in [0.2, 0.25) is 0 Å². The first-order chi connectivity index (χ1) is 8.97. The Morgan fingerprint density at radius 3 is 2.63 bits per heavy atom. The van der Waals surface area contributed by atoms with E-state index in [2.05, 4.69) is 20.7 Å². The summed E-state index contributed by atoms with van der Waals surface area (Å²) in [6, 6.07) is 5.13. The molecule has 0 fully saturated rings. The molecule has 0 saturated heterocycles. The number of hydrogen-bond acceptors (Lipinski definition) is 5. The highest BCUT2D eigenvalue weighted by atomic mass is 79.9. The third kappa shape index (κ3) is 4.51. The molecule has 0 aliphatic heterocycles. The number of nitrogens with zero attached hydrogens (tertiary/aromatic N) is 1. The molecule has 0 heterocycles. The van der Waals surface area contributed by atoms with E-state index in [1.165, 1.54) is 14.2 Å². The minimum Gasteiger partial charge on any atom is -0.496 e. The van der Waals surface area contributed by atoms with Crippen LogP contribution >= 0.6 is 15.9 Å².